The zero-order valence-corrected chi connectivity index (χ0v) is 27.3. The van der Waals surface area contributed by atoms with Crippen molar-refractivity contribution in [3.8, 4) is 0 Å². The lowest BCUT2D eigenvalue weighted by Gasteiger charge is -2.28. The fourth-order valence-electron chi connectivity index (χ4n) is 4.30. The largest absolute Gasteiger partial charge is 0.383 e. The summed E-state index contributed by atoms with van der Waals surface area (Å²) in [7, 11) is 1.73. The molecule has 1 aromatic heterocycles. The van der Waals surface area contributed by atoms with Crippen molar-refractivity contribution in [1.82, 2.24) is 15.2 Å². The fraction of sp³-hybridized carbons (Fsp3) is 0.500. The molecule has 3 N–H and O–H groups in total. The Balaban J connectivity index is 0.00000143. The average Bonchev–Trinajstić information content (AvgIpc) is 2.99. The number of aromatic nitrogens is 1. The first-order valence-electron chi connectivity index (χ1n) is 15.4. The van der Waals surface area contributed by atoms with Crippen molar-refractivity contribution in [3.05, 3.63) is 96.4 Å². The maximum atomic E-state index is 14.2. The van der Waals surface area contributed by atoms with Crippen LogP contribution in [0.4, 0.5) is 10.2 Å². The minimum Gasteiger partial charge on any atom is -0.383 e. The Morgan fingerprint density at radius 1 is 1.14 bits per heavy atom. The highest BCUT2D eigenvalue weighted by molar-refractivity contribution is 5.76. The van der Waals surface area contributed by atoms with Crippen LogP contribution >= 0.6 is 0 Å². The van der Waals surface area contributed by atoms with Gasteiger partial charge in [-0.05, 0) is 82.5 Å². The van der Waals surface area contributed by atoms with Crippen LogP contribution < -0.4 is 11.1 Å². The molecular weight excluding hydrogens is 521 g/mol. The molecule has 0 aliphatic heterocycles. The highest BCUT2D eigenvalue weighted by atomic mass is 19.1. The molecule has 5 nitrogen and oxygen atoms in total. The zero-order chi connectivity index (χ0) is 31.8. The molecule has 0 bridgehead atoms. The molecule has 1 heterocycles. The third-order valence-electron chi connectivity index (χ3n) is 6.95. The summed E-state index contributed by atoms with van der Waals surface area (Å²) in [5.74, 6) is 0.638. The number of nitrogens with zero attached hydrogens (tertiary/aromatic N) is 3. The van der Waals surface area contributed by atoms with Crippen LogP contribution in [-0.4, -0.2) is 55.0 Å². The van der Waals surface area contributed by atoms with Crippen LogP contribution in [0.3, 0.4) is 0 Å². The van der Waals surface area contributed by atoms with Gasteiger partial charge in [-0.3, -0.25) is 4.99 Å². The monoisotopic (exact) mass is 579 g/mol. The van der Waals surface area contributed by atoms with Gasteiger partial charge in [0.1, 0.15) is 12.0 Å². The number of alkyl halides is 1. The Bertz CT molecular complexity index is 1040. The lowest BCUT2D eigenvalue weighted by Crippen LogP contribution is -2.38. The molecular formula is C36H58FN5. The first-order chi connectivity index (χ1) is 20.2. The Morgan fingerprint density at radius 2 is 1.88 bits per heavy atom. The number of anilines is 1. The maximum Gasteiger partial charge on any atom is 0.126 e. The number of aryl methyl sites for hydroxylation is 2. The van der Waals surface area contributed by atoms with Crippen molar-refractivity contribution in [3.63, 3.8) is 0 Å². The van der Waals surface area contributed by atoms with Gasteiger partial charge in [-0.2, -0.15) is 0 Å². The summed E-state index contributed by atoms with van der Waals surface area (Å²) in [6.45, 7) is 24.1. The Morgan fingerprint density at radius 3 is 2.43 bits per heavy atom. The van der Waals surface area contributed by atoms with E-state index in [0.717, 1.165) is 74.1 Å². The number of nitrogen functional groups attached to an aromatic ring is 1. The number of unbranched alkanes of at least 4 members (excludes halogenated alkanes) is 1. The second kappa shape index (κ2) is 24.4. The maximum absolute atomic E-state index is 14.2. The molecule has 234 valence electrons. The molecule has 0 aliphatic carbocycles. The van der Waals surface area contributed by atoms with Crippen molar-refractivity contribution in [2.45, 2.75) is 91.8 Å². The minimum absolute atomic E-state index is 0.108. The highest BCUT2D eigenvalue weighted by Crippen LogP contribution is 2.15. The van der Waals surface area contributed by atoms with E-state index in [-0.39, 0.29) is 6.04 Å². The number of nitrogens with one attached hydrogen (secondary N) is 1. The molecule has 0 aliphatic rings. The zero-order valence-electron chi connectivity index (χ0n) is 27.3. The van der Waals surface area contributed by atoms with E-state index >= 15 is 0 Å². The summed E-state index contributed by atoms with van der Waals surface area (Å²) in [6.07, 6.45) is 18.8. The van der Waals surface area contributed by atoms with Gasteiger partial charge < -0.3 is 16.0 Å². The van der Waals surface area contributed by atoms with Crippen LogP contribution in [0.1, 0.15) is 78.0 Å². The first kappa shape index (κ1) is 38.8. The molecule has 0 saturated heterocycles. The topological polar surface area (TPSA) is 66.5 Å². The predicted molar refractivity (Wildman–Crippen MR) is 185 cm³/mol. The summed E-state index contributed by atoms with van der Waals surface area (Å²) >= 11 is 0. The van der Waals surface area contributed by atoms with E-state index < -0.39 is 6.17 Å². The molecule has 0 fully saturated rings. The summed E-state index contributed by atoms with van der Waals surface area (Å²) in [5, 5.41) is 3.41. The van der Waals surface area contributed by atoms with Gasteiger partial charge in [0.25, 0.3) is 0 Å². The number of hydrogen-bond donors (Lipinski definition) is 2. The Hall–Kier alpha value is -3.25. The van der Waals surface area contributed by atoms with Gasteiger partial charge in [0.05, 0.1) is 0 Å². The van der Waals surface area contributed by atoms with Gasteiger partial charge >= 0.3 is 0 Å². The molecule has 0 saturated carbocycles. The summed E-state index contributed by atoms with van der Waals surface area (Å²) < 4.78 is 14.2. The molecule has 1 aromatic rings. The van der Waals surface area contributed by atoms with Crippen LogP contribution in [0.15, 0.2) is 90.2 Å². The number of rotatable bonds is 20. The molecule has 0 amide bonds. The number of aliphatic imine (C=N–C) groups is 1. The lowest BCUT2D eigenvalue weighted by molar-refractivity contribution is 0.180. The van der Waals surface area contributed by atoms with Gasteiger partial charge in [-0.1, -0.05) is 88.6 Å². The normalized spacial score (nSPS) is 13.4. The standard InChI is InChI=1S/C26H44FN5.C10H14/c1-7-20(4)25(30-21(5)18-29-6)15-17-32(19-23(27)9-3)16-11-10-12-24-14-13-22(8-2)26(28)31-24;1-4-7-9-10(6-3)8-5-2/h13-14,18,23,25,30H,4-5,7-12,15-17,19H2,1-3,6H3,(H2,28,31);4-9H,1H2,2-3H3/b;8-5+,9-7-,10-6-. The summed E-state index contributed by atoms with van der Waals surface area (Å²) in [6, 6.07) is 4.25. The van der Waals surface area contributed by atoms with Crippen molar-refractivity contribution >= 4 is 12.0 Å². The second-order valence-electron chi connectivity index (χ2n) is 10.3. The Labute approximate surface area is 257 Å². The smallest absolute Gasteiger partial charge is 0.126 e. The van der Waals surface area contributed by atoms with E-state index in [2.05, 4.69) is 78.1 Å². The van der Waals surface area contributed by atoms with E-state index in [1.54, 1.807) is 19.3 Å². The lowest BCUT2D eigenvalue weighted by atomic mass is 10.0. The van der Waals surface area contributed by atoms with Gasteiger partial charge in [-0.15, -0.1) is 0 Å². The van der Waals surface area contributed by atoms with Crippen LogP contribution in [0.5, 0.6) is 0 Å². The third kappa shape index (κ3) is 17.5. The minimum atomic E-state index is -0.805. The number of pyridine rings is 1. The number of allylic oxidation sites excluding steroid dienone is 8. The van der Waals surface area contributed by atoms with Gasteiger partial charge in [-0.25, -0.2) is 9.37 Å². The third-order valence-corrected chi connectivity index (χ3v) is 6.95. The van der Waals surface area contributed by atoms with Crippen molar-refractivity contribution < 1.29 is 4.39 Å². The number of hydrogen-bond acceptors (Lipinski definition) is 5. The molecule has 0 aromatic carbocycles. The van der Waals surface area contributed by atoms with Crippen LogP contribution in [0, 0.1) is 0 Å². The van der Waals surface area contributed by atoms with Crippen LogP contribution in [0.25, 0.3) is 0 Å². The molecule has 42 heavy (non-hydrogen) atoms. The molecule has 6 heteroatoms. The van der Waals surface area contributed by atoms with E-state index in [4.69, 9.17) is 5.73 Å². The van der Waals surface area contributed by atoms with E-state index in [1.807, 2.05) is 39.0 Å². The quantitative estimate of drug-likeness (QED) is 0.0705. The van der Waals surface area contributed by atoms with Gasteiger partial charge in [0.2, 0.25) is 0 Å². The predicted octanol–water partition coefficient (Wildman–Crippen LogP) is 8.38. The van der Waals surface area contributed by atoms with E-state index in [0.29, 0.717) is 18.8 Å². The molecule has 0 spiro atoms. The molecule has 1 rings (SSSR count). The SMILES string of the molecule is C=C(C=NC)NC(CCN(CCCCc1ccc(CC)c(N)n1)CC(F)CC)C(=C)CC.C=C\C=C/C(=C\C)/C=C/C. The molecule has 0 radical (unpaired) electrons. The van der Waals surface area contributed by atoms with Crippen LogP contribution in [0.2, 0.25) is 0 Å². The Kier molecular flexibility index (Phi) is 22.5. The number of halogens is 1. The number of nitrogens with two attached hydrogens (primary N) is 1. The van der Waals surface area contributed by atoms with Crippen molar-refractivity contribution in [2.75, 3.05) is 32.4 Å². The van der Waals surface area contributed by atoms with Gasteiger partial charge in [0.15, 0.2) is 0 Å². The summed E-state index contributed by atoms with van der Waals surface area (Å²) in [5.41, 5.74) is 11.3. The van der Waals surface area contributed by atoms with E-state index in [1.165, 1.54) is 5.57 Å². The molecule has 2 unspecified atom stereocenters. The summed E-state index contributed by atoms with van der Waals surface area (Å²) in [4.78, 5) is 10.8. The van der Waals surface area contributed by atoms with Crippen molar-refractivity contribution in [1.29, 1.82) is 0 Å². The van der Waals surface area contributed by atoms with Gasteiger partial charge in [0, 0.05) is 43.8 Å². The fourth-order valence-corrected chi connectivity index (χ4v) is 4.30. The molecule has 2 atom stereocenters. The second-order valence-corrected chi connectivity index (χ2v) is 10.3. The van der Waals surface area contributed by atoms with Crippen LogP contribution in [-0.2, 0) is 12.8 Å². The average molecular weight is 580 g/mol. The van der Waals surface area contributed by atoms with E-state index in [9.17, 15) is 4.39 Å². The van der Waals surface area contributed by atoms with Crippen molar-refractivity contribution in [2.24, 2.45) is 4.99 Å². The highest BCUT2D eigenvalue weighted by Gasteiger charge is 2.16. The first-order valence-corrected chi connectivity index (χ1v) is 15.4.